The molecule has 0 amide bonds. The number of carbonyl (C=O) groups is 1. The van der Waals surface area contributed by atoms with Crippen LogP contribution in [0.25, 0.3) is 0 Å². The van der Waals surface area contributed by atoms with Crippen molar-refractivity contribution in [2.24, 2.45) is 5.73 Å². The van der Waals surface area contributed by atoms with Crippen molar-refractivity contribution < 1.29 is 18.3 Å². The molecule has 0 saturated heterocycles. The van der Waals surface area contributed by atoms with Crippen LogP contribution in [0.2, 0.25) is 0 Å². The van der Waals surface area contributed by atoms with Gasteiger partial charge in [0.25, 0.3) is 12.4 Å². The predicted molar refractivity (Wildman–Crippen MR) is 37.5 cm³/mol. The summed E-state index contributed by atoms with van der Waals surface area (Å²) in [5.41, 5.74) is 3.96. The maximum absolute atomic E-state index is 12.7. The van der Waals surface area contributed by atoms with Gasteiger partial charge in [0, 0.05) is 12.8 Å². The van der Waals surface area contributed by atoms with E-state index in [0.29, 0.717) is 6.42 Å². The monoisotopic (exact) mass is 179 g/mol. The minimum atomic E-state index is -2.80. The molecule has 0 aliphatic heterocycles. The van der Waals surface area contributed by atoms with Gasteiger partial charge >= 0.3 is 0 Å². The van der Waals surface area contributed by atoms with Crippen molar-refractivity contribution in [2.45, 2.75) is 37.3 Å². The topological polar surface area (TPSA) is 52.3 Å². The van der Waals surface area contributed by atoms with Crippen molar-refractivity contribution in [2.75, 3.05) is 0 Å². The molecule has 70 valence electrons. The number of nitrogens with two attached hydrogens (primary N) is 1. The van der Waals surface area contributed by atoms with E-state index in [1.54, 1.807) is 0 Å². The van der Waals surface area contributed by atoms with Gasteiger partial charge in [-0.05, 0) is 6.42 Å². The SMILES string of the molecule is NC1(OC=O)CCCC(F)(F)C1. The van der Waals surface area contributed by atoms with Crippen LogP contribution in [-0.2, 0) is 9.53 Å². The molecule has 3 nitrogen and oxygen atoms in total. The average molecular weight is 179 g/mol. The van der Waals surface area contributed by atoms with Gasteiger partial charge in [0.05, 0.1) is 6.42 Å². The second-order valence-corrected chi connectivity index (χ2v) is 3.17. The number of alkyl halides is 2. The number of halogens is 2. The first-order chi connectivity index (χ1) is 5.47. The molecule has 1 aliphatic rings. The molecule has 12 heavy (non-hydrogen) atoms. The zero-order valence-corrected chi connectivity index (χ0v) is 6.56. The van der Waals surface area contributed by atoms with Gasteiger partial charge in [0.15, 0.2) is 5.72 Å². The van der Waals surface area contributed by atoms with Crippen molar-refractivity contribution in [1.29, 1.82) is 0 Å². The molecule has 1 saturated carbocycles. The van der Waals surface area contributed by atoms with Crippen molar-refractivity contribution >= 4 is 6.47 Å². The highest BCUT2D eigenvalue weighted by molar-refractivity contribution is 5.38. The summed E-state index contributed by atoms with van der Waals surface area (Å²) in [7, 11) is 0. The number of rotatable bonds is 2. The lowest BCUT2D eigenvalue weighted by molar-refractivity contribution is -0.164. The first kappa shape index (κ1) is 9.38. The predicted octanol–water partition coefficient (Wildman–Crippen LogP) is 1.02. The minimum Gasteiger partial charge on any atom is -0.446 e. The number of hydrogen-bond donors (Lipinski definition) is 1. The molecule has 5 heteroatoms. The van der Waals surface area contributed by atoms with E-state index in [1.807, 2.05) is 0 Å². The zero-order valence-electron chi connectivity index (χ0n) is 6.56. The zero-order chi connectivity index (χ0) is 9.24. The standard InChI is InChI=1S/C7H11F2NO2/c8-6(9)2-1-3-7(10,4-6)12-5-11/h5H,1-4,10H2. The summed E-state index contributed by atoms with van der Waals surface area (Å²) in [6.07, 6.45) is -0.147. The molecule has 0 aromatic heterocycles. The Bertz CT molecular complexity index is 186. The molecule has 0 aromatic rings. The van der Waals surface area contributed by atoms with Gasteiger partial charge in [0.2, 0.25) is 0 Å². The highest BCUT2D eigenvalue weighted by Gasteiger charge is 2.45. The van der Waals surface area contributed by atoms with Crippen LogP contribution in [0.5, 0.6) is 0 Å². The molecule has 0 radical (unpaired) electrons. The van der Waals surface area contributed by atoms with Gasteiger partial charge in [-0.25, -0.2) is 8.78 Å². The molecule has 0 spiro atoms. The molecule has 1 rings (SSSR count). The van der Waals surface area contributed by atoms with E-state index in [0.717, 1.165) is 0 Å². The second-order valence-electron chi connectivity index (χ2n) is 3.17. The van der Waals surface area contributed by atoms with Crippen LogP contribution in [0.3, 0.4) is 0 Å². The summed E-state index contributed by atoms with van der Waals surface area (Å²) in [5, 5.41) is 0. The molecule has 1 atom stereocenters. The minimum absolute atomic E-state index is 0.126. The van der Waals surface area contributed by atoms with Gasteiger partial charge in [-0.15, -0.1) is 0 Å². The van der Waals surface area contributed by atoms with Crippen molar-refractivity contribution in [3.63, 3.8) is 0 Å². The van der Waals surface area contributed by atoms with Crippen LogP contribution < -0.4 is 5.73 Å². The Morgan fingerprint density at radius 1 is 1.42 bits per heavy atom. The Kier molecular flexibility index (Phi) is 2.32. The first-order valence-corrected chi connectivity index (χ1v) is 3.76. The van der Waals surface area contributed by atoms with Gasteiger partial charge < -0.3 is 4.74 Å². The third kappa shape index (κ3) is 2.14. The molecule has 1 unspecified atom stereocenters. The summed E-state index contributed by atoms with van der Waals surface area (Å²) in [6, 6.07) is 0. The van der Waals surface area contributed by atoms with Crippen LogP contribution >= 0.6 is 0 Å². The number of hydrogen-bond acceptors (Lipinski definition) is 3. The molecule has 0 heterocycles. The van der Waals surface area contributed by atoms with E-state index in [-0.39, 0.29) is 19.3 Å². The van der Waals surface area contributed by atoms with Crippen LogP contribution in [0.4, 0.5) is 8.78 Å². The fraction of sp³-hybridized carbons (Fsp3) is 0.857. The third-order valence-corrected chi connectivity index (χ3v) is 1.98. The molecule has 0 bridgehead atoms. The van der Waals surface area contributed by atoms with E-state index in [4.69, 9.17) is 5.73 Å². The summed E-state index contributed by atoms with van der Waals surface area (Å²) >= 11 is 0. The fourth-order valence-corrected chi connectivity index (χ4v) is 1.46. The summed E-state index contributed by atoms with van der Waals surface area (Å²) in [5.74, 6) is -2.80. The molecule has 2 N–H and O–H groups in total. The Balaban J connectivity index is 2.60. The maximum atomic E-state index is 12.7. The summed E-state index contributed by atoms with van der Waals surface area (Å²) in [4.78, 5) is 9.94. The summed E-state index contributed by atoms with van der Waals surface area (Å²) in [6.45, 7) is 0.126. The lowest BCUT2D eigenvalue weighted by Crippen LogP contribution is -2.50. The molecule has 1 aliphatic carbocycles. The van der Waals surface area contributed by atoms with Crippen LogP contribution in [0.1, 0.15) is 25.7 Å². The van der Waals surface area contributed by atoms with E-state index in [9.17, 15) is 13.6 Å². The quantitative estimate of drug-likeness (QED) is 0.508. The van der Waals surface area contributed by atoms with Crippen molar-refractivity contribution in [3.8, 4) is 0 Å². The number of ether oxygens (including phenoxy) is 1. The second kappa shape index (κ2) is 2.97. The smallest absolute Gasteiger partial charge is 0.294 e. The summed E-state index contributed by atoms with van der Waals surface area (Å²) < 4.78 is 29.9. The average Bonchev–Trinajstić information content (AvgIpc) is 1.83. The van der Waals surface area contributed by atoms with E-state index in [2.05, 4.69) is 4.74 Å². The number of carbonyl (C=O) groups excluding carboxylic acids is 1. The highest BCUT2D eigenvalue weighted by Crippen LogP contribution is 2.37. The lowest BCUT2D eigenvalue weighted by Gasteiger charge is -2.35. The molecule has 1 fully saturated rings. The Labute approximate surface area is 68.9 Å². The van der Waals surface area contributed by atoms with Gasteiger partial charge in [-0.1, -0.05) is 0 Å². The maximum Gasteiger partial charge on any atom is 0.294 e. The van der Waals surface area contributed by atoms with E-state index in [1.165, 1.54) is 0 Å². The van der Waals surface area contributed by atoms with Gasteiger partial charge in [0.1, 0.15) is 0 Å². The van der Waals surface area contributed by atoms with Crippen LogP contribution in [-0.4, -0.2) is 18.1 Å². The van der Waals surface area contributed by atoms with Crippen LogP contribution in [0, 0.1) is 0 Å². The van der Waals surface area contributed by atoms with Crippen molar-refractivity contribution in [1.82, 2.24) is 0 Å². The van der Waals surface area contributed by atoms with Gasteiger partial charge in [-0.2, -0.15) is 0 Å². The Morgan fingerprint density at radius 2 is 2.08 bits per heavy atom. The van der Waals surface area contributed by atoms with E-state index < -0.39 is 18.1 Å². The molecule has 0 aromatic carbocycles. The molecular weight excluding hydrogens is 168 g/mol. The third-order valence-electron chi connectivity index (χ3n) is 1.98. The Morgan fingerprint density at radius 3 is 2.58 bits per heavy atom. The first-order valence-electron chi connectivity index (χ1n) is 3.76. The van der Waals surface area contributed by atoms with Crippen LogP contribution in [0.15, 0.2) is 0 Å². The normalized spacial score (nSPS) is 34.2. The highest BCUT2D eigenvalue weighted by atomic mass is 19.3. The lowest BCUT2D eigenvalue weighted by atomic mass is 9.89. The van der Waals surface area contributed by atoms with Gasteiger partial charge in [-0.3, -0.25) is 10.5 Å². The van der Waals surface area contributed by atoms with E-state index >= 15 is 0 Å². The largest absolute Gasteiger partial charge is 0.446 e. The fourth-order valence-electron chi connectivity index (χ4n) is 1.46. The van der Waals surface area contributed by atoms with Crippen molar-refractivity contribution in [3.05, 3.63) is 0 Å². The Hall–Kier alpha value is -0.710. The molecular formula is C7H11F2NO2.